The second-order valence-corrected chi connectivity index (χ2v) is 7.15. The number of aliphatic hydroxyl groups is 1. The number of benzene rings is 2. The van der Waals surface area contributed by atoms with Crippen molar-refractivity contribution in [1.82, 2.24) is 0 Å². The first-order valence-electron chi connectivity index (χ1n) is 9.41. The SMILES string of the molecule is NC(=O)c1cccc(-c2cc(CO)cc(OC(=O)CC3CCCCC3)c2)c1. The van der Waals surface area contributed by atoms with Crippen LogP contribution in [-0.4, -0.2) is 17.0 Å². The lowest BCUT2D eigenvalue weighted by atomic mass is 9.87. The number of rotatable bonds is 6. The summed E-state index contributed by atoms with van der Waals surface area (Å²) in [6, 6.07) is 12.1. The highest BCUT2D eigenvalue weighted by atomic mass is 16.5. The zero-order valence-corrected chi connectivity index (χ0v) is 15.3. The van der Waals surface area contributed by atoms with Gasteiger partial charge >= 0.3 is 5.97 Å². The molecule has 0 unspecified atom stereocenters. The molecule has 5 heteroatoms. The number of esters is 1. The third-order valence-electron chi connectivity index (χ3n) is 5.04. The van der Waals surface area contributed by atoms with E-state index in [2.05, 4.69) is 0 Å². The quantitative estimate of drug-likeness (QED) is 0.600. The standard InChI is InChI=1S/C22H25NO4/c23-22(26)18-8-4-7-17(12-18)19-9-16(14-24)10-20(13-19)27-21(25)11-15-5-2-1-3-6-15/h4,7-10,12-13,15,24H,1-3,5-6,11,14H2,(H2,23,26). The van der Waals surface area contributed by atoms with Crippen LogP contribution in [0.3, 0.4) is 0 Å². The summed E-state index contributed by atoms with van der Waals surface area (Å²) in [7, 11) is 0. The van der Waals surface area contributed by atoms with Crippen LogP contribution in [0.5, 0.6) is 5.75 Å². The zero-order valence-electron chi connectivity index (χ0n) is 15.3. The number of hydrogen-bond donors (Lipinski definition) is 2. The van der Waals surface area contributed by atoms with Crippen molar-refractivity contribution < 1.29 is 19.4 Å². The Morgan fingerprint density at radius 3 is 2.52 bits per heavy atom. The molecule has 0 saturated heterocycles. The second-order valence-electron chi connectivity index (χ2n) is 7.15. The maximum absolute atomic E-state index is 12.3. The van der Waals surface area contributed by atoms with Gasteiger partial charge in [-0.05, 0) is 65.8 Å². The van der Waals surface area contributed by atoms with E-state index in [1.54, 1.807) is 36.4 Å². The first-order chi connectivity index (χ1) is 13.0. The van der Waals surface area contributed by atoms with Gasteiger partial charge in [0.1, 0.15) is 5.75 Å². The molecule has 0 aliphatic heterocycles. The summed E-state index contributed by atoms with van der Waals surface area (Å²) in [4.78, 5) is 23.7. The maximum atomic E-state index is 12.3. The van der Waals surface area contributed by atoms with Crippen LogP contribution in [0.25, 0.3) is 11.1 Å². The molecule has 0 radical (unpaired) electrons. The van der Waals surface area contributed by atoms with E-state index in [0.29, 0.717) is 29.2 Å². The van der Waals surface area contributed by atoms with Crippen molar-refractivity contribution in [2.45, 2.75) is 45.1 Å². The predicted octanol–water partition coefficient (Wildman–Crippen LogP) is 3.82. The van der Waals surface area contributed by atoms with Gasteiger partial charge in [0.25, 0.3) is 0 Å². The zero-order chi connectivity index (χ0) is 19.2. The Morgan fingerprint density at radius 2 is 1.81 bits per heavy atom. The van der Waals surface area contributed by atoms with E-state index < -0.39 is 5.91 Å². The maximum Gasteiger partial charge on any atom is 0.311 e. The molecule has 0 bridgehead atoms. The van der Waals surface area contributed by atoms with E-state index in [0.717, 1.165) is 24.0 Å². The minimum absolute atomic E-state index is 0.170. The molecular weight excluding hydrogens is 342 g/mol. The second kappa shape index (κ2) is 8.82. The molecule has 0 atom stereocenters. The summed E-state index contributed by atoms with van der Waals surface area (Å²) in [6.45, 7) is -0.170. The summed E-state index contributed by atoms with van der Waals surface area (Å²) in [5, 5.41) is 9.56. The van der Waals surface area contributed by atoms with Crippen molar-refractivity contribution in [3.05, 3.63) is 53.6 Å². The van der Waals surface area contributed by atoms with Crippen LogP contribution in [0.4, 0.5) is 0 Å². The number of carbonyl (C=O) groups is 2. The topological polar surface area (TPSA) is 89.6 Å². The lowest BCUT2D eigenvalue weighted by Gasteiger charge is -2.20. The third-order valence-corrected chi connectivity index (χ3v) is 5.04. The van der Waals surface area contributed by atoms with Gasteiger partial charge in [-0.1, -0.05) is 31.4 Å². The molecule has 0 spiro atoms. The van der Waals surface area contributed by atoms with E-state index >= 15 is 0 Å². The van der Waals surface area contributed by atoms with E-state index in [4.69, 9.17) is 10.5 Å². The monoisotopic (exact) mass is 367 g/mol. The van der Waals surface area contributed by atoms with Crippen LogP contribution in [0.1, 0.15) is 54.4 Å². The third kappa shape index (κ3) is 5.17. The highest BCUT2D eigenvalue weighted by Crippen LogP contribution is 2.29. The van der Waals surface area contributed by atoms with Crippen molar-refractivity contribution in [3.8, 4) is 16.9 Å². The smallest absolute Gasteiger partial charge is 0.311 e. The number of aliphatic hydroxyl groups excluding tert-OH is 1. The fourth-order valence-corrected chi connectivity index (χ4v) is 3.63. The fourth-order valence-electron chi connectivity index (χ4n) is 3.63. The predicted molar refractivity (Wildman–Crippen MR) is 103 cm³/mol. The molecule has 1 aliphatic carbocycles. The van der Waals surface area contributed by atoms with Crippen molar-refractivity contribution in [2.75, 3.05) is 0 Å². The Morgan fingerprint density at radius 1 is 1.04 bits per heavy atom. The first-order valence-corrected chi connectivity index (χ1v) is 9.41. The van der Waals surface area contributed by atoms with Crippen LogP contribution in [0.15, 0.2) is 42.5 Å². The fraction of sp³-hybridized carbons (Fsp3) is 0.364. The van der Waals surface area contributed by atoms with E-state index in [9.17, 15) is 14.7 Å². The molecular formula is C22H25NO4. The van der Waals surface area contributed by atoms with Gasteiger partial charge in [-0.2, -0.15) is 0 Å². The molecule has 0 aromatic heterocycles. The van der Waals surface area contributed by atoms with Gasteiger partial charge in [-0.3, -0.25) is 9.59 Å². The highest BCUT2D eigenvalue weighted by molar-refractivity contribution is 5.94. The van der Waals surface area contributed by atoms with Gasteiger partial charge in [0.2, 0.25) is 5.91 Å². The van der Waals surface area contributed by atoms with E-state index in [1.165, 1.54) is 19.3 Å². The summed E-state index contributed by atoms with van der Waals surface area (Å²) in [6.07, 6.45) is 6.19. The molecule has 1 amide bonds. The summed E-state index contributed by atoms with van der Waals surface area (Å²) in [5.41, 5.74) is 7.91. The highest BCUT2D eigenvalue weighted by Gasteiger charge is 2.18. The van der Waals surface area contributed by atoms with Crippen LogP contribution in [0.2, 0.25) is 0 Å². The lowest BCUT2D eigenvalue weighted by molar-refractivity contribution is -0.135. The summed E-state index contributed by atoms with van der Waals surface area (Å²) >= 11 is 0. The molecule has 2 aromatic rings. The van der Waals surface area contributed by atoms with Crippen molar-refractivity contribution in [3.63, 3.8) is 0 Å². The van der Waals surface area contributed by atoms with Gasteiger partial charge in [-0.25, -0.2) is 0 Å². The van der Waals surface area contributed by atoms with Gasteiger partial charge in [0, 0.05) is 12.0 Å². The molecule has 1 saturated carbocycles. The van der Waals surface area contributed by atoms with Gasteiger partial charge in [-0.15, -0.1) is 0 Å². The summed E-state index contributed by atoms with van der Waals surface area (Å²) in [5.74, 6) is 0.0592. The average Bonchev–Trinajstić information content (AvgIpc) is 2.68. The van der Waals surface area contributed by atoms with Crippen LogP contribution in [0, 0.1) is 5.92 Å². The number of primary amides is 1. The minimum Gasteiger partial charge on any atom is -0.426 e. The van der Waals surface area contributed by atoms with Crippen molar-refractivity contribution in [2.24, 2.45) is 11.7 Å². The summed E-state index contributed by atoms with van der Waals surface area (Å²) < 4.78 is 5.56. The largest absolute Gasteiger partial charge is 0.426 e. The van der Waals surface area contributed by atoms with Gasteiger partial charge < -0.3 is 15.6 Å². The molecule has 5 nitrogen and oxygen atoms in total. The average molecular weight is 367 g/mol. The Kier molecular flexibility index (Phi) is 6.24. The molecule has 3 rings (SSSR count). The molecule has 2 aromatic carbocycles. The van der Waals surface area contributed by atoms with Crippen molar-refractivity contribution in [1.29, 1.82) is 0 Å². The van der Waals surface area contributed by atoms with Gasteiger partial charge in [0.15, 0.2) is 0 Å². The van der Waals surface area contributed by atoms with Crippen molar-refractivity contribution >= 4 is 11.9 Å². The van der Waals surface area contributed by atoms with Crippen LogP contribution < -0.4 is 10.5 Å². The Bertz CT molecular complexity index is 825. The Balaban J connectivity index is 1.80. The normalized spacial score (nSPS) is 14.7. The number of carbonyl (C=O) groups excluding carboxylic acids is 2. The lowest BCUT2D eigenvalue weighted by Crippen LogP contribution is -2.16. The Hall–Kier alpha value is -2.66. The van der Waals surface area contributed by atoms with Gasteiger partial charge in [0.05, 0.1) is 6.61 Å². The molecule has 3 N–H and O–H groups in total. The molecule has 0 heterocycles. The number of ether oxygens (including phenoxy) is 1. The van der Waals surface area contributed by atoms with E-state index in [1.807, 2.05) is 6.07 Å². The minimum atomic E-state index is -0.505. The van der Waals surface area contributed by atoms with Crippen LogP contribution in [-0.2, 0) is 11.4 Å². The number of amides is 1. The number of hydrogen-bond acceptors (Lipinski definition) is 4. The number of nitrogens with two attached hydrogens (primary N) is 1. The molecule has 1 aliphatic rings. The first kappa shape index (κ1) is 19.1. The molecule has 27 heavy (non-hydrogen) atoms. The van der Waals surface area contributed by atoms with Crippen LogP contribution >= 0.6 is 0 Å². The van der Waals surface area contributed by atoms with E-state index in [-0.39, 0.29) is 12.6 Å². The Labute approximate surface area is 159 Å². The molecule has 1 fully saturated rings. The molecule has 142 valence electrons.